The Kier molecular flexibility index (Phi) is 8.68. The van der Waals surface area contributed by atoms with E-state index in [9.17, 15) is 53.8 Å². The average molecular weight is 609 g/mol. The van der Waals surface area contributed by atoms with E-state index < -0.39 is 105 Å². The number of hydrogen-bond acceptors (Lipinski definition) is 11. The van der Waals surface area contributed by atoms with E-state index in [4.69, 9.17) is 4.18 Å². The van der Waals surface area contributed by atoms with Gasteiger partial charge in [-0.05, 0) is 61.2 Å². The minimum atomic E-state index is -5.18. The molecule has 4 rings (SSSR count). The second kappa shape index (κ2) is 10.7. The summed E-state index contributed by atoms with van der Waals surface area (Å²) < 4.78 is 38.4. The van der Waals surface area contributed by atoms with Gasteiger partial charge in [0.15, 0.2) is 0 Å². The molecule has 0 amide bonds. The van der Waals surface area contributed by atoms with Crippen LogP contribution < -0.4 is 0 Å². The molecule has 0 radical (unpaired) electrons. The van der Waals surface area contributed by atoms with Crippen molar-refractivity contribution in [3.05, 3.63) is 12.2 Å². The second-order valence-corrected chi connectivity index (χ2v) is 15.1. The largest absolute Gasteiger partial charge is 0.397 e. The molecule has 238 valence electrons. The van der Waals surface area contributed by atoms with Crippen molar-refractivity contribution < 1.29 is 58.0 Å². The standard InChI is InChI=1S/C28H48O12S/c1-13(6-7-14(2)27(5,35)12-29)17-20(32)21(33)23-26(17,4)11-9-16-25(3)10-8-15(30)19(31)18(25)22(40-41(37,38)39)24(34)28(16,23)36/h6-7,13-24,29-36H,8-12H2,1-5H3,(H,37,38,39)/b7-6+/t13-,14-,15+,16?,17+,18?,19?,20-,21?,22-,23?,24-,25-,26-,27+,28+/m1/s1. The predicted molar refractivity (Wildman–Crippen MR) is 145 cm³/mol. The van der Waals surface area contributed by atoms with Crippen LogP contribution in [0, 0.1) is 46.3 Å². The van der Waals surface area contributed by atoms with E-state index >= 15 is 0 Å². The Hall–Kier alpha value is -0.710. The van der Waals surface area contributed by atoms with Crippen LogP contribution in [0.3, 0.4) is 0 Å². The van der Waals surface area contributed by atoms with Crippen molar-refractivity contribution in [3.63, 3.8) is 0 Å². The summed E-state index contributed by atoms with van der Waals surface area (Å²) in [6.45, 7) is 8.15. The summed E-state index contributed by atoms with van der Waals surface area (Å²) in [5, 5.41) is 88.5. The number of rotatable bonds is 7. The molecule has 41 heavy (non-hydrogen) atoms. The molecular formula is C28H48O12S. The van der Waals surface area contributed by atoms with Gasteiger partial charge in [-0.3, -0.25) is 4.55 Å². The van der Waals surface area contributed by atoms with Crippen LogP contribution in [0.15, 0.2) is 12.2 Å². The van der Waals surface area contributed by atoms with E-state index in [0.29, 0.717) is 12.8 Å². The topological polar surface area (TPSA) is 225 Å². The number of fused-ring (bicyclic) bond motifs is 5. The van der Waals surface area contributed by atoms with E-state index in [1.807, 2.05) is 13.8 Å². The molecule has 0 spiro atoms. The SMILES string of the molecule is C[C@H](/C=C/[C@@H](C)[C@@](C)(O)CO)[C@H]1[C@@H](O)C(O)C2[C@@]3(O)C(CC[C@@]21C)[C@@]1(C)CC[C@H](O)C(O)C1[C@@H](OS(=O)(=O)O)[C@H]3O. The summed E-state index contributed by atoms with van der Waals surface area (Å²) in [6.07, 6.45) is -4.84. The Morgan fingerprint density at radius 3 is 2.12 bits per heavy atom. The lowest BCUT2D eigenvalue weighted by Gasteiger charge is -2.68. The van der Waals surface area contributed by atoms with Gasteiger partial charge in [0.2, 0.25) is 0 Å². The number of hydrogen-bond donors (Lipinski definition) is 9. The van der Waals surface area contributed by atoms with Gasteiger partial charge in [-0.15, -0.1) is 0 Å². The van der Waals surface area contributed by atoms with Crippen LogP contribution in [0.1, 0.15) is 60.3 Å². The minimum Gasteiger partial charge on any atom is -0.393 e. The summed E-state index contributed by atoms with van der Waals surface area (Å²) in [5.41, 5.74) is -5.59. The molecule has 0 saturated heterocycles. The van der Waals surface area contributed by atoms with Crippen LogP contribution in [-0.2, 0) is 14.6 Å². The highest BCUT2D eigenvalue weighted by atomic mass is 32.3. The Labute approximate surface area is 241 Å². The lowest BCUT2D eigenvalue weighted by molar-refractivity contribution is -0.318. The smallest absolute Gasteiger partial charge is 0.393 e. The molecule has 4 aliphatic rings. The van der Waals surface area contributed by atoms with Gasteiger partial charge >= 0.3 is 10.4 Å². The van der Waals surface area contributed by atoms with Crippen LogP contribution in [0.2, 0.25) is 0 Å². The lowest BCUT2D eigenvalue weighted by Crippen LogP contribution is -2.77. The molecule has 12 nitrogen and oxygen atoms in total. The molecule has 0 aliphatic heterocycles. The van der Waals surface area contributed by atoms with E-state index in [0.717, 1.165) is 0 Å². The highest BCUT2D eigenvalue weighted by Gasteiger charge is 2.77. The molecule has 5 unspecified atom stereocenters. The molecule has 0 heterocycles. The third kappa shape index (κ3) is 5.02. The Morgan fingerprint density at radius 1 is 0.976 bits per heavy atom. The molecular weight excluding hydrogens is 560 g/mol. The minimum absolute atomic E-state index is 0.142. The molecule has 4 fully saturated rings. The Balaban J connectivity index is 1.79. The molecule has 13 heteroatoms. The highest BCUT2D eigenvalue weighted by Crippen LogP contribution is 2.70. The van der Waals surface area contributed by atoms with Crippen molar-refractivity contribution >= 4 is 10.4 Å². The maximum absolute atomic E-state index is 12.6. The summed E-state index contributed by atoms with van der Waals surface area (Å²) in [6, 6.07) is 0. The Morgan fingerprint density at radius 2 is 1.56 bits per heavy atom. The molecule has 0 bridgehead atoms. The van der Waals surface area contributed by atoms with Gasteiger partial charge in [-0.2, -0.15) is 8.42 Å². The van der Waals surface area contributed by atoms with Gasteiger partial charge in [0.1, 0.15) is 17.8 Å². The third-order valence-electron chi connectivity index (χ3n) is 11.8. The molecule has 0 aromatic heterocycles. The first kappa shape index (κ1) is 33.2. The number of allylic oxidation sites excluding steroid dienone is 1. The van der Waals surface area contributed by atoms with E-state index in [1.54, 1.807) is 26.0 Å². The van der Waals surface area contributed by atoms with Gasteiger partial charge in [0, 0.05) is 17.8 Å². The molecule has 0 aromatic rings. The highest BCUT2D eigenvalue weighted by molar-refractivity contribution is 7.80. The predicted octanol–water partition coefficient (Wildman–Crippen LogP) is -0.626. The second-order valence-electron chi connectivity index (χ2n) is 14.1. The van der Waals surface area contributed by atoms with Crippen molar-refractivity contribution in [2.75, 3.05) is 6.61 Å². The van der Waals surface area contributed by atoms with Crippen LogP contribution in [0.25, 0.3) is 0 Å². The molecule has 4 saturated carbocycles. The maximum atomic E-state index is 12.6. The molecule has 0 aromatic carbocycles. The summed E-state index contributed by atoms with van der Waals surface area (Å²) in [5.74, 6) is -4.53. The van der Waals surface area contributed by atoms with E-state index in [1.165, 1.54) is 6.92 Å². The molecule has 9 N–H and O–H groups in total. The quantitative estimate of drug-likeness (QED) is 0.130. The third-order valence-corrected chi connectivity index (χ3v) is 12.3. The summed E-state index contributed by atoms with van der Waals surface area (Å²) >= 11 is 0. The average Bonchev–Trinajstić information content (AvgIpc) is 3.07. The van der Waals surface area contributed by atoms with Crippen LogP contribution in [-0.4, -0.2) is 108 Å². The normalized spacial score (nSPS) is 51.4. The van der Waals surface area contributed by atoms with Gasteiger partial charge < -0.3 is 40.9 Å². The van der Waals surface area contributed by atoms with Crippen molar-refractivity contribution in [2.24, 2.45) is 46.3 Å². The van der Waals surface area contributed by atoms with Gasteiger partial charge in [0.05, 0.1) is 36.6 Å². The fourth-order valence-corrected chi connectivity index (χ4v) is 10.0. The van der Waals surface area contributed by atoms with E-state index in [2.05, 4.69) is 0 Å². The molecule has 16 atom stereocenters. The summed E-state index contributed by atoms with van der Waals surface area (Å²) in [4.78, 5) is 0. The van der Waals surface area contributed by atoms with Crippen LogP contribution >= 0.6 is 0 Å². The Bertz CT molecular complexity index is 1110. The van der Waals surface area contributed by atoms with Gasteiger partial charge in [0.25, 0.3) is 0 Å². The first-order valence-corrected chi connectivity index (χ1v) is 15.8. The van der Waals surface area contributed by atoms with E-state index in [-0.39, 0.29) is 18.8 Å². The summed E-state index contributed by atoms with van der Waals surface area (Å²) in [7, 11) is -5.18. The van der Waals surface area contributed by atoms with Gasteiger partial charge in [-0.1, -0.05) is 39.8 Å². The number of aliphatic hydroxyl groups is 8. The first-order valence-electron chi connectivity index (χ1n) is 14.5. The van der Waals surface area contributed by atoms with Crippen LogP contribution in [0.5, 0.6) is 0 Å². The number of aliphatic hydroxyl groups excluding tert-OH is 6. The lowest BCUT2D eigenvalue weighted by atomic mass is 9.40. The molecule has 4 aliphatic carbocycles. The van der Waals surface area contributed by atoms with Crippen molar-refractivity contribution in [3.8, 4) is 0 Å². The van der Waals surface area contributed by atoms with Crippen molar-refractivity contribution in [1.82, 2.24) is 0 Å². The zero-order chi connectivity index (χ0) is 31.1. The first-order chi connectivity index (χ1) is 18.7. The monoisotopic (exact) mass is 608 g/mol. The zero-order valence-corrected chi connectivity index (χ0v) is 25.1. The van der Waals surface area contributed by atoms with Crippen molar-refractivity contribution in [2.45, 2.75) is 108 Å². The fourth-order valence-electron chi connectivity index (χ4n) is 9.51. The fraction of sp³-hybridized carbons (Fsp3) is 0.929. The van der Waals surface area contributed by atoms with Crippen molar-refractivity contribution in [1.29, 1.82) is 0 Å². The van der Waals surface area contributed by atoms with Gasteiger partial charge in [-0.25, -0.2) is 4.18 Å². The van der Waals surface area contributed by atoms with Crippen LogP contribution in [0.4, 0.5) is 0 Å². The zero-order valence-electron chi connectivity index (χ0n) is 24.3. The maximum Gasteiger partial charge on any atom is 0.397 e.